The summed E-state index contributed by atoms with van der Waals surface area (Å²) in [5, 5.41) is 2.00. The van der Waals surface area contributed by atoms with Crippen LogP contribution in [0.4, 0.5) is 0 Å². The van der Waals surface area contributed by atoms with Crippen LogP contribution in [0.3, 0.4) is 0 Å². The first-order valence-corrected chi connectivity index (χ1v) is 5.16. The van der Waals surface area contributed by atoms with Gasteiger partial charge in [0, 0.05) is 5.92 Å². The molecule has 12 heavy (non-hydrogen) atoms. The molecule has 1 fully saturated rings. The molecule has 0 spiro atoms. The molecule has 2 heteroatoms. The third kappa shape index (κ3) is 1.20. The van der Waals surface area contributed by atoms with Gasteiger partial charge >= 0.3 is 0 Å². The fourth-order valence-corrected chi connectivity index (χ4v) is 2.41. The van der Waals surface area contributed by atoms with Crippen molar-refractivity contribution in [2.24, 2.45) is 11.8 Å². The van der Waals surface area contributed by atoms with Crippen LogP contribution in [0.25, 0.3) is 0 Å². The average molecular weight is 180 g/mol. The summed E-state index contributed by atoms with van der Waals surface area (Å²) < 4.78 is 0. The minimum absolute atomic E-state index is 0.336. The van der Waals surface area contributed by atoms with E-state index in [0.29, 0.717) is 17.6 Å². The molecule has 0 aromatic carbocycles. The van der Waals surface area contributed by atoms with Gasteiger partial charge in [-0.15, -0.1) is 11.3 Å². The molecule has 2 unspecified atom stereocenters. The summed E-state index contributed by atoms with van der Waals surface area (Å²) in [6.07, 6.45) is 1.09. The molecule has 2 atom stereocenters. The first kappa shape index (κ1) is 7.99. The van der Waals surface area contributed by atoms with Crippen LogP contribution in [0.2, 0.25) is 0 Å². The standard InChI is InChI=1S/C10H12OS/c1-6-3-4-12-10(6)9(11)8-5-7(8)2/h3-4,7-8H,5H2,1-2H3. The number of hydrogen-bond donors (Lipinski definition) is 0. The van der Waals surface area contributed by atoms with Gasteiger partial charge in [0.15, 0.2) is 5.78 Å². The van der Waals surface area contributed by atoms with Crippen molar-refractivity contribution in [2.45, 2.75) is 20.3 Å². The molecule has 0 saturated heterocycles. The summed E-state index contributed by atoms with van der Waals surface area (Å²) in [6.45, 7) is 4.16. The van der Waals surface area contributed by atoms with Gasteiger partial charge < -0.3 is 0 Å². The van der Waals surface area contributed by atoms with E-state index in [2.05, 4.69) is 6.92 Å². The number of hydrogen-bond acceptors (Lipinski definition) is 2. The van der Waals surface area contributed by atoms with Crippen molar-refractivity contribution < 1.29 is 4.79 Å². The van der Waals surface area contributed by atoms with E-state index in [1.54, 1.807) is 11.3 Å². The minimum Gasteiger partial charge on any atom is -0.293 e. The SMILES string of the molecule is Cc1ccsc1C(=O)C1CC1C. The maximum Gasteiger partial charge on any atom is 0.176 e. The van der Waals surface area contributed by atoms with E-state index in [-0.39, 0.29) is 0 Å². The molecule has 0 amide bonds. The first-order valence-electron chi connectivity index (χ1n) is 4.28. The largest absolute Gasteiger partial charge is 0.293 e. The Kier molecular flexibility index (Phi) is 1.80. The van der Waals surface area contributed by atoms with Crippen LogP contribution in [0.15, 0.2) is 11.4 Å². The molecular formula is C10H12OS. The summed E-state index contributed by atoms with van der Waals surface area (Å²) in [6, 6.07) is 2.02. The number of rotatable bonds is 2. The van der Waals surface area contributed by atoms with Crippen molar-refractivity contribution in [3.8, 4) is 0 Å². The monoisotopic (exact) mass is 180 g/mol. The highest BCUT2D eigenvalue weighted by atomic mass is 32.1. The Morgan fingerprint density at radius 1 is 1.67 bits per heavy atom. The predicted octanol–water partition coefficient (Wildman–Crippen LogP) is 2.90. The number of thiophene rings is 1. The molecule has 2 rings (SSSR count). The maximum absolute atomic E-state index is 11.7. The molecular weight excluding hydrogens is 168 g/mol. The van der Waals surface area contributed by atoms with E-state index in [9.17, 15) is 4.79 Å². The highest BCUT2D eigenvalue weighted by Gasteiger charge is 2.40. The Labute approximate surface area is 76.4 Å². The van der Waals surface area contributed by atoms with Crippen molar-refractivity contribution in [3.63, 3.8) is 0 Å². The van der Waals surface area contributed by atoms with E-state index in [4.69, 9.17) is 0 Å². The summed E-state index contributed by atoms with van der Waals surface area (Å²) in [5.74, 6) is 1.33. The predicted molar refractivity (Wildman–Crippen MR) is 50.7 cm³/mol. The van der Waals surface area contributed by atoms with Gasteiger partial charge in [-0.3, -0.25) is 4.79 Å². The Morgan fingerprint density at radius 2 is 2.33 bits per heavy atom. The Balaban J connectivity index is 2.20. The third-order valence-electron chi connectivity index (χ3n) is 2.53. The molecule has 1 aromatic rings. The maximum atomic E-state index is 11.7. The highest BCUT2D eigenvalue weighted by molar-refractivity contribution is 7.12. The zero-order chi connectivity index (χ0) is 8.72. The number of ketones is 1. The van der Waals surface area contributed by atoms with Crippen LogP contribution in [-0.2, 0) is 0 Å². The van der Waals surface area contributed by atoms with Crippen LogP contribution in [0.1, 0.15) is 28.6 Å². The molecule has 0 N–H and O–H groups in total. The lowest BCUT2D eigenvalue weighted by atomic mass is 10.1. The van der Waals surface area contributed by atoms with Crippen LogP contribution >= 0.6 is 11.3 Å². The molecule has 1 aliphatic rings. The lowest BCUT2D eigenvalue weighted by Gasteiger charge is -1.95. The molecule has 1 nitrogen and oxygen atoms in total. The van der Waals surface area contributed by atoms with Crippen molar-refractivity contribution in [2.75, 3.05) is 0 Å². The average Bonchev–Trinajstić information content (AvgIpc) is 2.59. The smallest absolute Gasteiger partial charge is 0.176 e. The van der Waals surface area contributed by atoms with E-state index in [1.807, 2.05) is 18.4 Å². The summed E-state index contributed by atoms with van der Waals surface area (Å²) >= 11 is 1.58. The highest BCUT2D eigenvalue weighted by Crippen LogP contribution is 2.41. The van der Waals surface area contributed by atoms with Crippen molar-refractivity contribution in [1.29, 1.82) is 0 Å². The van der Waals surface area contributed by atoms with Crippen molar-refractivity contribution >= 4 is 17.1 Å². The van der Waals surface area contributed by atoms with Crippen molar-refractivity contribution in [3.05, 3.63) is 21.9 Å². The number of carbonyl (C=O) groups is 1. The van der Waals surface area contributed by atoms with Gasteiger partial charge in [0.05, 0.1) is 4.88 Å². The van der Waals surface area contributed by atoms with Crippen LogP contribution in [-0.4, -0.2) is 5.78 Å². The zero-order valence-electron chi connectivity index (χ0n) is 7.33. The van der Waals surface area contributed by atoms with Crippen LogP contribution in [0, 0.1) is 18.8 Å². The number of Topliss-reactive ketones (excluding diaryl/α,β-unsaturated/α-hetero) is 1. The second-order valence-corrected chi connectivity index (χ2v) is 4.53. The number of carbonyl (C=O) groups excluding carboxylic acids is 1. The number of aryl methyl sites for hydroxylation is 1. The van der Waals surface area contributed by atoms with Gasteiger partial charge in [0.25, 0.3) is 0 Å². The quantitative estimate of drug-likeness (QED) is 0.639. The molecule has 1 heterocycles. The zero-order valence-corrected chi connectivity index (χ0v) is 8.15. The van der Waals surface area contributed by atoms with Crippen LogP contribution in [0.5, 0.6) is 0 Å². The summed E-state index contributed by atoms with van der Waals surface area (Å²) in [5.41, 5.74) is 1.14. The molecule has 0 radical (unpaired) electrons. The fourth-order valence-electron chi connectivity index (χ4n) is 1.48. The normalized spacial score (nSPS) is 27.2. The molecule has 1 saturated carbocycles. The van der Waals surface area contributed by atoms with Crippen LogP contribution < -0.4 is 0 Å². The van der Waals surface area contributed by atoms with E-state index < -0.39 is 0 Å². The lowest BCUT2D eigenvalue weighted by molar-refractivity contribution is 0.0966. The van der Waals surface area contributed by atoms with E-state index in [0.717, 1.165) is 16.9 Å². The Hall–Kier alpha value is -0.630. The third-order valence-corrected chi connectivity index (χ3v) is 3.56. The second kappa shape index (κ2) is 2.70. The van der Waals surface area contributed by atoms with Gasteiger partial charge in [-0.25, -0.2) is 0 Å². The van der Waals surface area contributed by atoms with Crippen molar-refractivity contribution in [1.82, 2.24) is 0 Å². The molecule has 64 valence electrons. The molecule has 1 aromatic heterocycles. The second-order valence-electron chi connectivity index (χ2n) is 3.62. The molecule has 0 bridgehead atoms. The summed E-state index contributed by atoms with van der Waals surface area (Å²) in [7, 11) is 0. The Bertz CT molecular complexity index is 313. The first-order chi connectivity index (χ1) is 5.70. The topological polar surface area (TPSA) is 17.1 Å². The van der Waals surface area contributed by atoms with Gasteiger partial charge in [0.1, 0.15) is 0 Å². The van der Waals surface area contributed by atoms with Gasteiger partial charge in [-0.05, 0) is 36.3 Å². The fraction of sp³-hybridized carbons (Fsp3) is 0.500. The molecule has 1 aliphatic carbocycles. The van der Waals surface area contributed by atoms with E-state index in [1.165, 1.54) is 0 Å². The minimum atomic E-state index is 0.336. The lowest BCUT2D eigenvalue weighted by Crippen LogP contribution is -2.01. The van der Waals surface area contributed by atoms with Gasteiger partial charge in [-0.2, -0.15) is 0 Å². The van der Waals surface area contributed by atoms with E-state index >= 15 is 0 Å². The summed E-state index contributed by atoms with van der Waals surface area (Å²) in [4.78, 5) is 12.7. The van der Waals surface area contributed by atoms with Gasteiger partial charge in [-0.1, -0.05) is 6.92 Å². The van der Waals surface area contributed by atoms with Gasteiger partial charge in [0.2, 0.25) is 0 Å². The molecule has 0 aliphatic heterocycles. The Morgan fingerprint density at radius 3 is 2.75 bits per heavy atom.